The van der Waals surface area contributed by atoms with Crippen molar-refractivity contribution in [2.45, 2.75) is 6.29 Å². The molecule has 0 saturated heterocycles. The molecule has 0 saturated carbocycles. The molecule has 0 atom stereocenters. The number of carboxylic acid groups (broad SMARTS) is 1. The number of carbonyl (C=O) groups is 1. The summed E-state index contributed by atoms with van der Waals surface area (Å²) in [6, 6.07) is 0. The second-order valence-electron chi connectivity index (χ2n) is 2.05. The molecule has 0 fully saturated rings. The van der Waals surface area contributed by atoms with Crippen LogP contribution in [0.5, 0.6) is 0 Å². The van der Waals surface area contributed by atoms with Gasteiger partial charge in [-0.2, -0.15) is 0 Å². The Kier molecular flexibility index (Phi) is 1.98. The molecule has 0 bridgehead atoms. The van der Waals surface area contributed by atoms with Gasteiger partial charge in [0.2, 0.25) is 0 Å². The maximum absolute atomic E-state index is 10.5. The van der Waals surface area contributed by atoms with Crippen molar-refractivity contribution in [3.05, 3.63) is 21.9 Å². The third-order valence-corrected chi connectivity index (χ3v) is 1.23. The van der Waals surface area contributed by atoms with E-state index in [0.29, 0.717) is 0 Å². The first-order valence-electron chi connectivity index (χ1n) is 2.94. The number of aromatic carboxylic acids is 1. The van der Waals surface area contributed by atoms with E-state index >= 15 is 0 Å². The van der Waals surface area contributed by atoms with Crippen LogP contribution >= 0.6 is 0 Å². The zero-order chi connectivity index (χ0) is 9.30. The van der Waals surface area contributed by atoms with Gasteiger partial charge in [-0.1, -0.05) is 0 Å². The maximum Gasteiger partial charge on any atom is 0.354 e. The Morgan fingerprint density at radius 1 is 1.33 bits per heavy atom. The van der Waals surface area contributed by atoms with E-state index < -0.39 is 29.3 Å². The van der Waals surface area contributed by atoms with E-state index in [2.05, 4.69) is 0 Å². The van der Waals surface area contributed by atoms with Crippen molar-refractivity contribution in [1.29, 1.82) is 0 Å². The van der Waals surface area contributed by atoms with Gasteiger partial charge in [0.05, 0.1) is 0 Å². The minimum absolute atomic E-state index is 0.451. The third-order valence-electron chi connectivity index (χ3n) is 1.23. The minimum Gasteiger partial charge on any atom is -0.477 e. The van der Waals surface area contributed by atoms with E-state index in [0.717, 1.165) is 0 Å². The Morgan fingerprint density at radius 2 is 1.92 bits per heavy atom. The summed E-state index contributed by atoms with van der Waals surface area (Å²) in [5, 5.41) is 25.6. The van der Waals surface area contributed by atoms with Gasteiger partial charge in [-0.3, -0.25) is 4.98 Å². The monoisotopic (exact) mass is 174 g/mol. The first kappa shape index (κ1) is 8.50. The fourth-order valence-corrected chi connectivity index (χ4v) is 0.759. The molecule has 1 rings (SSSR count). The highest BCUT2D eigenvalue weighted by Gasteiger charge is 2.18. The third kappa shape index (κ3) is 1.36. The molecule has 1 aromatic heterocycles. The van der Waals surface area contributed by atoms with Crippen molar-refractivity contribution in [3.63, 3.8) is 0 Å². The van der Waals surface area contributed by atoms with Crippen molar-refractivity contribution in [2.24, 2.45) is 0 Å². The van der Waals surface area contributed by atoms with Crippen LogP contribution in [0.2, 0.25) is 0 Å². The summed E-state index contributed by atoms with van der Waals surface area (Å²) in [6.45, 7) is 0. The lowest BCUT2D eigenvalue weighted by Gasteiger charge is -1.99. The van der Waals surface area contributed by atoms with Crippen LogP contribution in [-0.2, 0) is 0 Å². The van der Waals surface area contributed by atoms with Gasteiger partial charge in [0, 0.05) is 0 Å². The number of aromatic amines is 2. The molecule has 0 aliphatic rings. The van der Waals surface area contributed by atoms with Gasteiger partial charge in [-0.05, 0) is 0 Å². The normalized spacial score (nSPS) is 10.6. The van der Waals surface area contributed by atoms with Crippen molar-refractivity contribution in [1.82, 2.24) is 9.97 Å². The summed E-state index contributed by atoms with van der Waals surface area (Å²) in [6.07, 6.45) is -2.00. The number of hydrogen-bond donors (Lipinski definition) is 5. The number of rotatable bonds is 2. The molecule has 1 aromatic rings. The second kappa shape index (κ2) is 2.80. The average Bonchev–Trinajstić information content (AvgIpc) is 2.31. The van der Waals surface area contributed by atoms with E-state index in [9.17, 15) is 9.59 Å². The standard InChI is InChI=1S/C5H6N2O5/c8-3(9)1-2(4(10)11)7-5(12)6-1/h3,8-9H,(H,10,11)(H2,6,7,12). The van der Waals surface area contributed by atoms with Gasteiger partial charge in [0.15, 0.2) is 12.0 Å². The average molecular weight is 174 g/mol. The molecule has 66 valence electrons. The highest BCUT2D eigenvalue weighted by atomic mass is 16.5. The number of aliphatic hydroxyl groups excluding tert-OH is 1. The van der Waals surface area contributed by atoms with Gasteiger partial charge in [-0.25, -0.2) is 9.59 Å². The molecule has 0 aliphatic carbocycles. The molecule has 7 nitrogen and oxygen atoms in total. The summed E-state index contributed by atoms with van der Waals surface area (Å²) in [4.78, 5) is 24.7. The van der Waals surface area contributed by atoms with Gasteiger partial charge < -0.3 is 20.3 Å². The van der Waals surface area contributed by atoms with Crippen LogP contribution in [0, 0.1) is 0 Å². The number of hydrogen-bond acceptors (Lipinski definition) is 4. The molecular weight excluding hydrogens is 168 g/mol. The fraction of sp³-hybridized carbons (Fsp3) is 0.200. The lowest BCUT2D eigenvalue weighted by atomic mass is 10.3. The van der Waals surface area contributed by atoms with Crippen LogP contribution in [0.15, 0.2) is 4.79 Å². The van der Waals surface area contributed by atoms with Crippen molar-refractivity contribution in [3.8, 4) is 0 Å². The van der Waals surface area contributed by atoms with Crippen LogP contribution in [0.25, 0.3) is 0 Å². The number of imidazole rings is 1. The minimum atomic E-state index is -2.00. The Balaban J connectivity index is 3.26. The molecule has 0 aromatic carbocycles. The summed E-state index contributed by atoms with van der Waals surface area (Å²) in [5.41, 5.74) is -1.79. The SMILES string of the molecule is O=C(O)c1[nH]c(=O)[nH]c1C(O)O. The quantitative estimate of drug-likeness (QED) is 0.344. The van der Waals surface area contributed by atoms with E-state index in [1.807, 2.05) is 9.97 Å². The topological polar surface area (TPSA) is 126 Å². The molecule has 0 unspecified atom stereocenters. The molecule has 0 spiro atoms. The Hall–Kier alpha value is -1.60. The Morgan fingerprint density at radius 3 is 2.25 bits per heavy atom. The molecule has 7 heteroatoms. The van der Waals surface area contributed by atoms with Crippen LogP contribution < -0.4 is 5.69 Å². The van der Waals surface area contributed by atoms with Crippen molar-refractivity contribution < 1.29 is 20.1 Å². The smallest absolute Gasteiger partial charge is 0.354 e. The van der Waals surface area contributed by atoms with E-state index in [-0.39, 0.29) is 0 Å². The molecule has 5 N–H and O–H groups in total. The van der Waals surface area contributed by atoms with Crippen molar-refractivity contribution in [2.75, 3.05) is 0 Å². The highest BCUT2D eigenvalue weighted by Crippen LogP contribution is 2.08. The van der Waals surface area contributed by atoms with Crippen LogP contribution in [0.1, 0.15) is 22.5 Å². The predicted molar refractivity (Wildman–Crippen MR) is 35.6 cm³/mol. The van der Waals surface area contributed by atoms with Gasteiger partial charge in [-0.15, -0.1) is 0 Å². The lowest BCUT2D eigenvalue weighted by Crippen LogP contribution is -2.05. The highest BCUT2D eigenvalue weighted by molar-refractivity contribution is 5.86. The number of H-pyrrole nitrogens is 2. The van der Waals surface area contributed by atoms with Gasteiger partial charge >= 0.3 is 11.7 Å². The summed E-state index contributed by atoms with van der Waals surface area (Å²) < 4.78 is 0. The molecule has 0 aliphatic heterocycles. The summed E-state index contributed by atoms with van der Waals surface area (Å²) in [7, 11) is 0. The molecule has 1 heterocycles. The Labute approximate surface area is 65.3 Å². The summed E-state index contributed by atoms with van der Waals surface area (Å²) in [5.74, 6) is -1.43. The number of carboxylic acids is 1. The number of nitrogens with one attached hydrogen (secondary N) is 2. The zero-order valence-electron chi connectivity index (χ0n) is 5.74. The number of aromatic nitrogens is 2. The van der Waals surface area contributed by atoms with Gasteiger partial charge in [0.1, 0.15) is 5.69 Å². The van der Waals surface area contributed by atoms with Crippen LogP contribution in [0.4, 0.5) is 0 Å². The summed E-state index contributed by atoms with van der Waals surface area (Å²) >= 11 is 0. The van der Waals surface area contributed by atoms with Crippen LogP contribution in [0.3, 0.4) is 0 Å². The van der Waals surface area contributed by atoms with E-state index in [4.69, 9.17) is 15.3 Å². The predicted octanol–water partition coefficient (Wildman–Crippen LogP) is -1.62. The largest absolute Gasteiger partial charge is 0.477 e. The first-order chi connectivity index (χ1) is 5.52. The van der Waals surface area contributed by atoms with E-state index in [1.54, 1.807) is 0 Å². The number of aliphatic hydroxyl groups is 2. The molecule has 0 amide bonds. The molecule has 12 heavy (non-hydrogen) atoms. The lowest BCUT2D eigenvalue weighted by molar-refractivity contribution is -0.0464. The Bertz CT molecular complexity index is 349. The van der Waals surface area contributed by atoms with Gasteiger partial charge in [0.25, 0.3) is 0 Å². The zero-order valence-corrected chi connectivity index (χ0v) is 5.74. The first-order valence-corrected chi connectivity index (χ1v) is 2.94. The van der Waals surface area contributed by atoms with E-state index in [1.165, 1.54) is 0 Å². The van der Waals surface area contributed by atoms with Crippen molar-refractivity contribution >= 4 is 5.97 Å². The second-order valence-corrected chi connectivity index (χ2v) is 2.05. The fourth-order valence-electron chi connectivity index (χ4n) is 0.759. The molecular formula is C5H6N2O5. The van der Waals surface area contributed by atoms with Crippen LogP contribution in [-0.4, -0.2) is 31.3 Å². The maximum atomic E-state index is 10.5. The molecule has 0 radical (unpaired) electrons.